The van der Waals surface area contributed by atoms with E-state index in [9.17, 15) is 9.59 Å². The molecule has 0 heterocycles. The van der Waals surface area contributed by atoms with Crippen LogP contribution in [-0.4, -0.2) is 63.5 Å². The first-order valence-electron chi connectivity index (χ1n) is 9.07. The van der Waals surface area contributed by atoms with Gasteiger partial charge in [-0.3, -0.25) is 14.6 Å². The summed E-state index contributed by atoms with van der Waals surface area (Å²) in [6.45, 7) is 7.35. The third kappa shape index (κ3) is 6.21. The minimum atomic E-state index is -0.388. The van der Waals surface area contributed by atoms with Gasteiger partial charge in [0.25, 0.3) is 0 Å². The lowest BCUT2D eigenvalue weighted by Gasteiger charge is -2.31. The van der Waals surface area contributed by atoms with Crippen molar-refractivity contribution >= 4 is 17.8 Å². The first kappa shape index (κ1) is 21.3. The van der Waals surface area contributed by atoms with Crippen molar-refractivity contribution in [3.8, 4) is 0 Å². The normalized spacial score (nSPS) is 17.1. The zero-order valence-corrected chi connectivity index (χ0v) is 16.7. The van der Waals surface area contributed by atoms with Crippen LogP contribution >= 0.6 is 0 Å². The van der Waals surface area contributed by atoms with Crippen molar-refractivity contribution in [1.29, 1.82) is 0 Å². The molecular weight excluding hydrogens is 318 g/mol. The molecular formula is C18H35N5O2. The summed E-state index contributed by atoms with van der Waals surface area (Å²) in [5, 5.41) is 9.36. The second-order valence-corrected chi connectivity index (χ2v) is 8.05. The zero-order chi connectivity index (χ0) is 19.1. The molecule has 25 heavy (non-hydrogen) atoms. The minimum Gasteiger partial charge on any atom is -0.355 e. The van der Waals surface area contributed by atoms with Crippen LogP contribution in [0.3, 0.4) is 0 Å². The number of rotatable bonds is 6. The number of hydrogen-bond acceptors (Lipinski definition) is 3. The van der Waals surface area contributed by atoms with E-state index in [2.05, 4.69) is 20.9 Å². The van der Waals surface area contributed by atoms with Crippen LogP contribution in [0.5, 0.6) is 0 Å². The molecule has 0 aromatic rings. The Morgan fingerprint density at radius 3 is 2.08 bits per heavy atom. The van der Waals surface area contributed by atoms with Crippen molar-refractivity contribution in [1.82, 2.24) is 20.9 Å². The van der Waals surface area contributed by atoms with E-state index in [0.717, 1.165) is 25.7 Å². The summed E-state index contributed by atoms with van der Waals surface area (Å²) in [7, 11) is 5.33. The predicted octanol–water partition coefficient (Wildman–Crippen LogP) is 0.962. The Labute approximate surface area is 152 Å². The van der Waals surface area contributed by atoms with Gasteiger partial charge in [0.1, 0.15) is 0 Å². The molecule has 0 aromatic heterocycles. The van der Waals surface area contributed by atoms with Crippen molar-refractivity contribution in [3.05, 3.63) is 0 Å². The van der Waals surface area contributed by atoms with Crippen LogP contribution in [0.25, 0.3) is 0 Å². The van der Waals surface area contributed by atoms with E-state index in [1.165, 1.54) is 0 Å². The van der Waals surface area contributed by atoms with Gasteiger partial charge < -0.3 is 20.9 Å². The molecule has 0 spiro atoms. The minimum absolute atomic E-state index is 0.0266. The molecule has 2 amide bonds. The third-order valence-corrected chi connectivity index (χ3v) is 4.62. The van der Waals surface area contributed by atoms with Gasteiger partial charge in [-0.05, 0) is 12.8 Å². The van der Waals surface area contributed by atoms with E-state index in [0.29, 0.717) is 25.6 Å². The number of carbonyl (C=O) groups excluding carboxylic acids is 2. The fraction of sp³-hybridized carbons (Fsp3) is 0.833. The van der Waals surface area contributed by atoms with Crippen molar-refractivity contribution in [2.75, 3.05) is 40.8 Å². The Bertz CT molecular complexity index is 488. The number of guanidine groups is 1. The lowest BCUT2D eigenvalue weighted by atomic mass is 9.84. The number of amides is 2. The maximum Gasteiger partial charge on any atom is 0.230 e. The maximum absolute atomic E-state index is 12.6. The Morgan fingerprint density at radius 2 is 1.60 bits per heavy atom. The van der Waals surface area contributed by atoms with Crippen LogP contribution in [0.1, 0.15) is 46.5 Å². The summed E-state index contributed by atoms with van der Waals surface area (Å²) in [6, 6.07) is 0. The molecule has 1 rings (SSSR count). The molecule has 0 aromatic carbocycles. The first-order chi connectivity index (χ1) is 11.6. The SMILES string of the molecule is CN=C(NCCNC(=O)C(C)(C)C)NCC1(C(=O)N(C)C)CCCC1. The smallest absolute Gasteiger partial charge is 0.230 e. The summed E-state index contributed by atoms with van der Waals surface area (Å²) in [5.74, 6) is 0.868. The lowest BCUT2D eigenvalue weighted by molar-refractivity contribution is -0.138. The van der Waals surface area contributed by atoms with Gasteiger partial charge in [0.15, 0.2) is 5.96 Å². The molecule has 0 atom stereocenters. The molecule has 1 fully saturated rings. The predicted molar refractivity (Wildman–Crippen MR) is 101 cm³/mol. The number of carbonyl (C=O) groups is 2. The highest BCUT2D eigenvalue weighted by Crippen LogP contribution is 2.38. The van der Waals surface area contributed by atoms with Gasteiger partial charge in [-0.2, -0.15) is 0 Å². The second-order valence-electron chi connectivity index (χ2n) is 8.05. The summed E-state index contributed by atoms with van der Waals surface area (Å²) in [6.07, 6.45) is 4.00. The highest BCUT2D eigenvalue weighted by Gasteiger charge is 2.42. The number of nitrogens with one attached hydrogen (secondary N) is 3. The number of nitrogens with zero attached hydrogens (tertiary/aromatic N) is 2. The van der Waals surface area contributed by atoms with Gasteiger partial charge in [0, 0.05) is 46.2 Å². The van der Waals surface area contributed by atoms with Crippen molar-refractivity contribution in [2.45, 2.75) is 46.5 Å². The van der Waals surface area contributed by atoms with E-state index in [4.69, 9.17) is 0 Å². The van der Waals surface area contributed by atoms with E-state index in [1.54, 1.807) is 11.9 Å². The molecule has 1 saturated carbocycles. The van der Waals surface area contributed by atoms with E-state index >= 15 is 0 Å². The van der Waals surface area contributed by atoms with Crippen LogP contribution in [0.4, 0.5) is 0 Å². The first-order valence-corrected chi connectivity index (χ1v) is 9.07. The highest BCUT2D eigenvalue weighted by atomic mass is 16.2. The third-order valence-electron chi connectivity index (χ3n) is 4.62. The fourth-order valence-electron chi connectivity index (χ4n) is 3.09. The summed E-state index contributed by atoms with van der Waals surface area (Å²) in [5.41, 5.74) is -0.719. The van der Waals surface area contributed by atoms with E-state index in [-0.39, 0.29) is 22.6 Å². The van der Waals surface area contributed by atoms with Crippen LogP contribution < -0.4 is 16.0 Å². The lowest BCUT2D eigenvalue weighted by Crippen LogP contribution is -2.50. The topological polar surface area (TPSA) is 85.8 Å². The molecule has 0 saturated heterocycles. The average molecular weight is 354 g/mol. The van der Waals surface area contributed by atoms with Crippen LogP contribution in [0.15, 0.2) is 4.99 Å². The van der Waals surface area contributed by atoms with Gasteiger partial charge in [0.2, 0.25) is 11.8 Å². The average Bonchev–Trinajstić information content (AvgIpc) is 3.02. The molecule has 0 unspecified atom stereocenters. The molecule has 144 valence electrons. The number of aliphatic imine (C=N–C) groups is 1. The fourth-order valence-corrected chi connectivity index (χ4v) is 3.09. The highest BCUT2D eigenvalue weighted by molar-refractivity contribution is 5.85. The zero-order valence-electron chi connectivity index (χ0n) is 16.7. The van der Waals surface area contributed by atoms with Gasteiger partial charge in [-0.25, -0.2) is 0 Å². The molecule has 1 aliphatic rings. The second kappa shape index (κ2) is 9.06. The van der Waals surface area contributed by atoms with Crippen LogP contribution in [-0.2, 0) is 9.59 Å². The van der Waals surface area contributed by atoms with E-state index < -0.39 is 0 Å². The quantitative estimate of drug-likeness (QED) is 0.377. The van der Waals surface area contributed by atoms with Crippen LogP contribution in [0, 0.1) is 10.8 Å². The van der Waals surface area contributed by atoms with Gasteiger partial charge in [-0.15, -0.1) is 0 Å². The Kier molecular flexibility index (Phi) is 7.70. The summed E-state index contributed by atoms with van der Waals surface area (Å²) < 4.78 is 0. The van der Waals surface area contributed by atoms with Crippen molar-refractivity contribution < 1.29 is 9.59 Å². The molecule has 3 N–H and O–H groups in total. The molecule has 0 aliphatic heterocycles. The summed E-state index contributed by atoms with van der Waals surface area (Å²) in [4.78, 5) is 30.3. The number of hydrogen-bond donors (Lipinski definition) is 3. The molecule has 0 bridgehead atoms. The molecule has 7 heteroatoms. The molecule has 0 radical (unpaired) electrons. The van der Waals surface area contributed by atoms with Gasteiger partial charge in [0.05, 0.1) is 5.41 Å². The van der Waals surface area contributed by atoms with Crippen molar-refractivity contribution in [3.63, 3.8) is 0 Å². The molecule has 7 nitrogen and oxygen atoms in total. The van der Waals surface area contributed by atoms with E-state index in [1.807, 2.05) is 34.9 Å². The molecule has 1 aliphatic carbocycles. The summed E-state index contributed by atoms with van der Waals surface area (Å²) >= 11 is 0. The standard InChI is InChI=1S/C18H35N5O2/c1-17(2,3)14(24)20-11-12-21-16(19-4)22-13-18(9-7-8-10-18)15(25)23(5)6/h7-13H2,1-6H3,(H,20,24)(H2,19,21,22). The Hall–Kier alpha value is -1.79. The Morgan fingerprint density at radius 1 is 1.04 bits per heavy atom. The van der Waals surface area contributed by atoms with Crippen molar-refractivity contribution in [2.24, 2.45) is 15.8 Å². The van der Waals surface area contributed by atoms with Crippen LogP contribution in [0.2, 0.25) is 0 Å². The Balaban J connectivity index is 2.46. The van der Waals surface area contributed by atoms with Gasteiger partial charge in [-0.1, -0.05) is 33.6 Å². The largest absolute Gasteiger partial charge is 0.355 e. The maximum atomic E-state index is 12.6. The monoisotopic (exact) mass is 353 g/mol. The van der Waals surface area contributed by atoms with Gasteiger partial charge >= 0.3 is 0 Å².